The fourth-order valence-electron chi connectivity index (χ4n) is 0.761. The van der Waals surface area contributed by atoms with E-state index in [2.05, 4.69) is 4.74 Å². The zero-order valence-corrected chi connectivity index (χ0v) is 7.08. The van der Waals surface area contributed by atoms with Crippen LogP contribution in [0.15, 0.2) is 30.3 Å². The van der Waals surface area contributed by atoms with E-state index in [1.165, 1.54) is 12.1 Å². The third-order valence-electron chi connectivity index (χ3n) is 1.42. The minimum Gasteiger partial charge on any atom is -0.479 e. The molecule has 0 bridgehead atoms. The van der Waals surface area contributed by atoms with Gasteiger partial charge >= 0.3 is 11.9 Å². The first kappa shape index (κ1) is 10.2. The van der Waals surface area contributed by atoms with Crippen molar-refractivity contribution in [2.75, 3.05) is 0 Å². The molecule has 0 spiro atoms. The minimum atomic E-state index is -2.14. The van der Waals surface area contributed by atoms with Gasteiger partial charge in [0.25, 0.3) is 0 Å². The normalized spacial score (nSPS) is 11.8. The lowest BCUT2D eigenvalue weighted by Crippen LogP contribution is -2.33. The molecular weight excluding hydrogens is 188 g/mol. The van der Waals surface area contributed by atoms with E-state index in [1.807, 2.05) is 0 Å². The van der Waals surface area contributed by atoms with E-state index in [0.29, 0.717) is 0 Å². The van der Waals surface area contributed by atoms with Crippen LogP contribution in [0.1, 0.15) is 0 Å². The van der Waals surface area contributed by atoms with E-state index < -0.39 is 18.0 Å². The number of esters is 1. The van der Waals surface area contributed by atoms with E-state index in [-0.39, 0.29) is 5.75 Å². The molecule has 0 fully saturated rings. The van der Waals surface area contributed by atoms with Gasteiger partial charge in [-0.2, -0.15) is 0 Å². The van der Waals surface area contributed by atoms with Gasteiger partial charge in [0.15, 0.2) is 0 Å². The summed E-state index contributed by atoms with van der Waals surface area (Å²) in [7, 11) is 0. The average molecular weight is 196 g/mol. The molecule has 0 radical (unpaired) electrons. The quantitative estimate of drug-likeness (QED) is 0.405. The highest BCUT2D eigenvalue weighted by Gasteiger charge is 2.24. The monoisotopic (exact) mass is 196 g/mol. The van der Waals surface area contributed by atoms with Crippen LogP contribution in [-0.4, -0.2) is 28.3 Å². The predicted octanol–water partition coefficient (Wildman–Crippen LogP) is 0.0375. The highest BCUT2D eigenvalue weighted by Crippen LogP contribution is 2.09. The molecule has 0 aliphatic heterocycles. The van der Waals surface area contributed by atoms with Gasteiger partial charge in [0.05, 0.1) is 0 Å². The SMILES string of the molecule is O=C(O)C(O)C(=O)Oc1ccccc1. The maximum Gasteiger partial charge on any atom is 0.352 e. The van der Waals surface area contributed by atoms with Crippen molar-refractivity contribution in [2.45, 2.75) is 6.10 Å². The number of carbonyl (C=O) groups excluding carboxylic acids is 1. The number of ether oxygens (including phenoxy) is 1. The molecule has 0 heterocycles. The van der Waals surface area contributed by atoms with Crippen LogP contribution in [0, 0.1) is 0 Å². The first-order valence-electron chi connectivity index (χ1n) is 3.79. The second-order valence-corrected chi connectivity index (χ2v) is 2.47. The summed E-state index contributed by atoms with van der Waals surface area (Å²) in [5.74, 6) is -2.65. The molecule has 2 N–H and O–H groups in total. The number of benzene rings is 1. The van der Waals surface area contributed by atoms with Gasteiger partial charge in [-0.25, -0.2) is 9.59 Å². The summed E-state index contributed by atoms with van der Waals surface area (Å²) in [6.45, 7) is 0. The molecule has 5 heteroatoms. The average Bonchev–Trinajstić information content (AvgIpc) is 2.18. The van der Waals surface area contributed by atoms with Gasteiger partial charge in [0.2, 0.25) is 6.10 Å². The number of rotatable bonds is 3. The van der Waals surface area contributed by atoms with Gasteiger partial charge in [-0.15, -0.1) is 0 Å². The number of hydrogen-bond donors (Lipinski definition) is 2. The lowest BCUT2D eigenvalue weighted by atomic mass is 10.3. The van der Waals surface area contributed by atoms with Crippen molar-refractivity contribution >= 4 is 11.9 Å². The third-order valence-corrected chi connectivity index (χ3v) is 1.42. The molecule has 0 aromatic heterocycles. The van der Waals surface area contributed by atoms with Crippen molar-refractivity contribution in [2.24, 2.45) is 0 Å². The first-order chi connectivity index (χ1) is 6.61. The minimum absolute atomic E-state index is 0.192. The van der Waals surface area contributed by atoms with Crippen molar-refractivity contribution in [3.05, 3.63) is 30.3 Å². The third kappa shape index (κ3) is 2.56. The Labute approximate surface area is 79.6 Å². The Kier molecular flexibility index (Phi) is 3.19. The molecule has 5 nitrogen and oxygen atoms in total. The number of carboxylic acids is 1. The molecule has 0 aliphatic carbocycles. The van der Waals surface area contributed by atoms with E-state index in [9.17, 15) is 9.59 Å². The molecule has 1 rings (SSSR count). The Morgan fingerprint density at radius 3 is 2.29 bits per heavy atom. The summed E-state index contributed by atoms with van der Waals surface area (Å²) in [5, 5.41) is 17.1. The van der Waals surface area contributed by atoms with Crippen LogP contribution < -0.4 is 4.74 Å². The molecule has 0 aliphatic rings. The van der Waals surface area contributed by atoms with Crippen LogP contribution in [0.4, 0.5) is 0 Å². The predicted molar refractivity (Wildman–Crippen MR) is 45.7 cm³/mol. The Hall–Kier alpha value is -1.88. The summed E-state index contributed by atoms with van der Waals surface area (Å²) >= 11 is 0. The molecule has 1 aromatic carbocycles. The maximum atomic E-state index is 10.9. The lowest BCUT2D eigenvalue weighted by Gasteiger charge is -2.05. The number of carbonyl (C=O) groups is 2. The molecule has 74 valence electrons. The molecular formula is C9H8O5. The van der Waals surface area contributed by atoms with E-state index >= 15 is 0 Å². The van der Waals surface area contributed by atoms with E-state index in [4.69, 9.17) is 10.2 Å². The van der Waals surface area contributed by atoms with Crippen LogP contribution in [-0.2, 0) is 9.59 Å². The van der Waals surface area contributed by atoms with Crippen LogP contribution in [0.25, 0.3) is 0 Å². The summed E-state index contributed by atoms with van der Waals surface area (Å²) in [6, 6.07) is 7.91. The van der Waals surface area contributed by atoms with Crippen molar-refractivity contribution < 1.29 is 24.5 Å². The summed E-state index contributed by atoms with van der Waals surface area (Å²) in [6.07, 6.45) is -2.14. The lowest BCUT2D eigenvalue weighted by molar-refractivity contribution is -0.159. The van der Waals surface area contributed by atoms with Crippen molar-refractivity contribution in [3.63, 3.8) is 0 Å². The standard InChI is InChI=1S/C9H8O5/c10-7(8(11)12)9(13)14-6-4-2-1-3-5-6/h1-5,7,10H,(H,11,12). The molecule has 14 heavy (non-hydrogen) atoms. The zero-order chi connectivity index (χ0) is 10.6. The highest BCUT2D eigenvalue weighted by atomic mass is 16.6. The molecule has 0 amide bonds. The molecule has 0 saturated heterocycles. The molecule has 1 unspecified atom stereocenters. The van der Waals surface area contributed by atoms with Gasteiger partial charge in [0, 0.05) is 0 Å². The van der Waals surface area contributed by atoms with Crippen LogP contribution in [0.5, 0.6) is 5.75 Å². The second-order valence-electron chi connectivity index (χ2n) is 2.47. The van der Waals surface area contributed by atoms with Crippen molar-refractivity contribution in [3.8, 4) is 5.75 Å². The molecule has 0 saturated carbocycles. The number of aliphatic hydroxyl groups is 1. The Morgan fingerprint density at radius 2 is 1.79 bits per heavy atom. The zero-order valence-electron chi connectivity index (χ0n) is 7.08. The molecule has 1 aromatic rings. The molecule has 1 atom stereocenters. The van der Waals surface area contributed by atoms with E-state index in [1.54, 1.807) is 18.2 Å². The van der Waals surface area contributed by atoms with Crippen LogP contribution in [0.2, 0.25) is 0 Å². The maximum absolute atomic E-state index is 10.9. The smallest absolute Gasteiger partial charge is 0.352 e. The van der Waals surface area contributed by atoms with Crippen molar-refractivity contribution in [1.82, 2.24) is 0 Å². The largest absolute Gasteiger partial charge is 0.479 e. The summed E-state index contributed by atoms with van der Waals surface area (Å²) in [5.41, 5.74) is 0. The number of carboxylic acid groups (broad SMARTS) is 1. The Balaban J connectivity index is 2.62. The fourth-order valence-corrected chi connectivity index (χ4v) is 0.761. The highest BCUT2D eigenvalue weighted by molar-refractivity contribution is 5.97. The van der Waals surface area contributed by atoms with Gasteiger partial charge in [-0.1, -0.05) is 18.2 Å². The Bertz CT molecular complexity index is 332. The number of aliphatic carboxylic acids is 1. The van der Waals surface area contributed by atoms with E-state index in [0.717, 1.165) is 0 Å². The van der Waals surface area contributed by atoms with Gasteiger partial charge in [0.1, 0.15) is 5.75 Å². The van der Waals surface area contributed by atoms with Crippen LogP contribution in [0.3, 0.4) is 0 Å². The number of hydrogen-bond acceptors (Lipinski definition) is 4. The number of para-hydroxylation sites is 1. The number of aliphatic hydroxyl groups excluding tert-OH is 1. The van der Waals surface area contributed by atoms with Crippen LogP contribution >= 0.6 is 0 Å². The van der Waals surface area contributed by atoms with Gasteiger partial charge in [-0.05, 0) is 12.1 Å². The summed E-state index contributed by atoms with van der Waals surface area (Å²) < 4.78 is 4.57. The second kappa shape index (κ2) is 4.38. The summed E-state index contributed by atoms with van der Waals surface area (Å²) in [4.78, 5) is 21.1. The van der Waals surface area contributed by atoms with Gasteiger partial charge in [-0.3, -0.25) is 0 Å². The first-order valence-corrected chi connectivity index (χ1v) is 3.79. The fraction of sp³-hybridized carbons (Fsp3) is 0.111. The topological polar surface area (TPSA) is 83.8 Å². The Morgan fingerprint density at radius 1 is 1.21 bits per heavy atom. The van der Waals surface area contributed by atoms with Crippen molar-refractivity contribution in [1.29, 1.82) is 0 Å². The van der Waals surface area contributed by atoms with Gasteiger partial charge < -0.3 is 14.9 Å².